The lowest BCUT2D eigenvalue weighted by Crippen LogP contribution is -2.34. The maximum Gasteiger partial charge on any atom is 0.508 e. The van der Waals surface area contributed by atoms with Crippen LogP contribution < -0.4 is 5.32 Å². The standard InChI is InChI=1S/C8H14ClNO4/c1-3-13-8(12)14-7(4-9)5-10-6(2)11/h7H,3-5H2,1-2H3,(H,10,11)/t7-/m1/s1. The van der Waals surface area contributed by atoms with Gasteiger partial charge >= 0.3 is 6.16 Å². The zero-order valence-corrected chi connectivity index (χ0v) is 8.97. The van der Waals surface area contributed by atoms with E-state index in [-0.39, 0.29) is 24.9 Å². The third-order valence-electron chi connectivity index (χ3n) is 1.28. The molecule has 0 spiro atoms. The lowest BCUT2D eigenvalue weighted by atomic mass is 10.4. The second-order valence-corrected chi connectivity index (χ2v) is 2.82. The Labute approximate surface area is 87.7 Å². The number of carbonyl (C=O) groups is 2. The second-order valence-electron chi connectivity index (χ2n) is 2.51. The molecule has 0 aliphatic rings. The van der Waals surface area contributed by atoms with Crippen molar-refractivity contribution in [1.82, 2.24) is 5.32 Å². The van der Waals surface area contributed by atoms with Crippen molar-refractivity contribution in [2.45, 2.75) is 20.0 Å². The van der Waals surface area contributed by atoms with E-state index in [1.165, 1.54) is 6.92 Å². The van der Waals surface area contributed by atoms with Crippen molar-refractivity contribution < 1.29 is 19.1 Å². The van der Waals surface area contributed by atoms with Crippen LogP contribution in [0, 0.1) is 0 Å². The van der Waals surface area contributed by atoms with Gasteiger partial charge in [-0.1, -0.05) is 0 Å². The molecule has 0 rings (SSSR count). The maximum atomic E-state index is 10.8. The number of nitrogens with one attached hydrogen (secondary N) is 1. The number of carbonyl (C=O) groups excluding carboxylic acids is 2. The van der Waals surface area contributed by atoms with Crippen LogP contribution in [0.5, 0.6) is 0 Å². The van der Waals surface area contributed by atoms with E-state index in [0.29, 0.717) is 0 Å². The summed E-state index contributed by atoms with van der Waals surface area (Å²) in [5, 5.41) is 2.49. The first-order valence-electron chi connectivity index (χ1n) is 4.24. The van der Waals surface area contributed by atoms with Crippen LogP contribution in [0.3, 0.4) is 0 Å². The molecule has 0 saturated carbocycles. The molecule has 0 aliphatic carbocycles. The normalized spacial score (nSPS) is 11.6. The highest BCUT2D eigenvalue weighted by Crippen LogP contribution is 1.97. The Morgan fingerprint density at radius 2 is 2.14 bits per heavy atom. The number of alkyl halides is 1. The lowest BCUT2D eigenvalue weighted by molar-refractivity contribution is -0.119. The molecule has 0 heterocycles. The molecule has 0 aromatic rings. The van der Waals surface area contributed by atoms with Gasteiger partial charge in [0.05, 0.1) is 19.0 Å². The first-order chi connectivity index (χ1) is 6.60. The summed E-state index contributed by atoms with van der Waals surface area (Å²) in [6.45, 7) is 3.48. The fraction of sp³-hybridized carbons (Fsp3) is 0.750. The third-order valence-corrected chi connectivity index (χ3v) is 1.62. The summed E-state index contributed by atoms with van der Waals surface area (Å²) in [4.78, 5) is 21.4. The van der Waals surface area contributed by atoms with Crippen LogP contribution in [0.15, 0.2) is 0 Å². The zero-order chi connectivity index (χ0) is 11.0. The van der Waals surface area contributed by atoms with E-state index in [9.17, 15) is 9.59 Å². The summed E-state index contributed by atoms with van der Waals surface area (Å²) in [5.74, 6) is -0.0911. The molecular weight excluding hydrogens is 210 g/mol. The summed E-state index contributed by atoms with van der Waals surface area (Å²) in [6.07, 6.45) is -1.33. The minimum Gasteiger partial charge on any atom is -0.435 e. The second kappa shape index (κ2) is 7.44. The van der Waals surface area contributed by atoms with E-state index in [0.717, 1.165) is 0 Å². The molecule has 1 amide bonds. The third kappa shape index (κ3) is 6.54. The van der Waals surface area contributed by atoms with Crippen LogP contribution in [-0.2, 0) is 14.3 Å². The summed E-state index contributed by atoms with van der Waals surface area (Å²) < 4.78 is 9.33. The average molecular weight is 224 g/mol. The Morgan fingerprint density at radius 3 is 2.57 bits per heavy atom. The van der Waals surface area contributed by atoms with Gasteiger partial charge in [0.1, 0.15) is 6.10 Å². The van der Waals surface area contributed by atoms with Crippen molar-refractivity contribution in [3.63, 3.8) is 0 Å². The summed E-state index contributed by atoms with van der Waals surface area (Å²) in [7, 11) is 0. The molecule has 1 N–H and O–H groups in total. The van der Waals surface area contributed by atoms with E-state index >= 15 is 0 Å². The molecular formula is C8H14ClNO4. The number of halogens is 1. The SMILES string of the molecule is CCOC(=O)O[C@H](CCl)CNC(C)=O. The van der Waals surface area contributed by atoms with Crippen LogP contribution >= 0.6 is 11.6 Å². The van der Waals surface area contributed by atoms with E-state index in [4.69, 9.17) is 16.3 Å². The quantitative estimate of drug-likeness (QED) is 0.556. The molecule has 0 aromatic heterocycles. The molecule has 1 atom stereocenters. The Kier molecular flexibility index (Phi) is 6.92. The average Bonchev–Trinajstić information content (AvgIpc) is 2.12. The molecule has 0 saturated heterocycles. The monoisotopic (exact) mass is 223 g/mol. The van der Waals surface area contributed by atoms with E-state index in [1.807, 2.05) is 0 Å². The Hall–Kier alpha value is -0.970. The Bertz CT molecular complexity index is 198. The highest BCUT2D eigenvalue weighted by atomic mass is 35.5. The van der Waals surface area contributed by atoms with Gasteiger partial charge in [-0.3, -0.25) is 4.79 Å². The van der Waals surface area contributed by atoms with Crippen molar-refractivity contribution in [3.8, 4) is 0 Å². The van der Waals surface area contributed by atoms with Crippen LogP contribution in [0.25, 0.3) is 0 Å². The summed E-state index contributed by atoms with van der Waals surface area (Å²) >= 11 is 5.51. The van der Waals surface area contributed by atoms with Gasteiger partial charge in [-0.15, -0.1) is 11.6 Å². The van der Waals surface area contributed by atoms with Crippen molar-refractivity contribution in [1.29, 1.82) is 0 Å². The van der Waals surface area contributed by atoms with Gasteiger partial charge in [0.25, 0.3) is 0 Å². The Balaban J connectivity index is 3.78. The molecule has 0 unspecified atom stereocenters. The van der Waals surface area contributed by atoms with Crippen LogP contribution in [0.2, 0.25) is 0 Å². The first-order valence-corrected chi connectivity index (χ1v) is 4.77. The number of ether oxygens (including phenoxy) is 2. The van der Waals surface area contributed by atoms with Crippen LogP contribution in [-0.4, -0.2) is 37.2 Å². The van der Waals surface area contributed by atoms with Crippen LogP contribution in [0.4, 0.5) is 4.79 Å². The smallest absolute Gasteiger partial charge is 0.435 e. The molecule has 0 fully saturated rings. The van der Waals surface area contributed by atoms with Crippen molar-refractivity contribution in [2.75, 3.05) is 19.0 Å². The molecule has 0 aliphatic heterocycles. The predicted molar refractivity (Wildman–Crippen MR) is 51.3 cm³/mol. The zero-order valence-electron chi connectivity index (χ0n) is 8.21. The van der Waals surface area contributed by atoms with Gasteiger partial charge < -0.3 is 14.8 Å². The topological polar surface area (TPSA) is 64.6 Å². The number of hydrogen-bond acceptors (Lipinski definition) is 4. The fourth-order valence-electron chi connectivity index (χ4n) is 0.673. The molecule has 6 heteroatoms. The molecule has 5 nitrogen and oxygen atoms in total. The first kappa shape index (κ1) is 13.0. The van der Waals surface area contributed by atoms with Crippen molar-refractivity contribution >= 4 is 23.7 Å². The minimum atomic E-state index is -0.775. The van der Waals surface area contributed by atoms with Crippen molar-refractivity contribution in [3.05, 3.63) is 0 Å². The fourth-order valence-corrected chi connectivity index (χ4v) is 0.845. The van der Waals surface area contributed by atoms with E-state index in [2.05, 4.69) is 10.1 Å². The highest BCUT2D eigenvalue weighted by molar-refractivity contribution is 6.18. The molecule has 0 aromatic carbocycles. The van der Waals surface area contributed by atoms with Gasteiger partial charge in [0.15, 0.2) is 0 Å². The Morgan fingerprint density at radius 1 is 1.50 bits per heavy atom. The summed E-state index contributed by atoms with van der Waals surface area (Å²) in [6, 6.07) is 0. The largest absolute Gasteiger partial charge is 0.508 e. The summed E-state index contributed by atoms with van der Waals surface area (Å²) in [5.41, 5.74) is 0. The molecule has 0 radical (unpaired) electrons. The van der Waals surface area contributed by atoms with Crippen molar-refractivity contribution in [2.24, 2.45) is 0 Å². The number of rotatable bonds is 5. The molecule has 14 heavy (non-hydrogen) atoms. The van der Waals surface area contributed by atoms with Gasteiger partial charge in [-0.05, 0) is 6.92 Å². The number of hydrogen-bond donors (Lipinski definition) is 1. The van der Waals surface area contributed by atoms with Crippen LogP contribution in [0.1, 0.15) is 13.8 Å². The van der Waals surface area contributed by atoms with Gasteiger partial charge in [-0.2, -0.15) is 0 Å². The van der Waals surface area contributed by atoms with Gasteiger partial charge in [-0.25, -0.2) is 4.79 Å². The minimum absolute atomic E-state index is 0.110. The molecule has 0 bridgehead atoms. The number of amides is 1. The maximum absolute atomic E-state index is 10.8. The highest BCUT2D eigenvalue weighted by Gasteiger charge is 2.14. The molecule has 82 valence electrons. The van der Waals surface area contributed by atoms with Gasteiger partial charge in [0, 0.05) is 6.92 Å². The van der Waals surface area contributed by atoms with E-state index in [1.54, 1.807) is 6.92 Å². The van der Waals surface area contributed by atoms with Gasteiger partial charge in [0.2, 0.25) is 5.91 Å². The van der Waals surface area contributed by atoms with E-state index < -0.39 is 12.3 Å². The predicted octanol–water partition coefficient (Wildman–Crippen LogP) is 0.903. The lowest BCUT2D eigenvalue weighted by Gasteiger charge is -2.14.